The van der Waals surface area contributed by atoms with Gasteiger partial charge in [-0.05, 0) is 0 Å². The van der Waals surface area contributed by atoms with Gasteiger partial charge in [0.15, 0.2) is 0 Å². The summed E-state index contributed by atoms with van der Waals surface area (Å²) < 4.78 is 5.02. The minimum atomic E-state index is -0.0265. The molecular weight excluding hydrogens is 212 g/mol. The summed E-state index contributed by atoms with van der Waals surface area (Å²) in [6, 6.07) is 0. The molecule has 0 spiro atoms. The predicted octanol–water partition coefficient (Wildman–Crippen LogP) is -0.527. The van der Waals surface area contributed by atoms with E-state index >= 15 is 0 Å². The minimum absolute atomic E-state index is 0.0265. The topological polar surface area (TPSA) is 64.3 Å². The highest BCUT2D eigenvalue weighted by Crippen LogP contribution is 1.77. The van der Waals surface area contributed by atoms with Crippen LogP contribution in [0.4, 0.5) is 0 Å². The van der Waals surface area contributed by atoms with E-state index in [0.29, 0.717) is 31.6 Å². The van der Waals surface area contributed by atoms with Gasteiger partial charge < -0.3 is 15.8 Å². The fraction of sp³-hybridized carbons (Fsp3) is 0.833. The van der Waals surface area contributed by atoms with Crippen molar-refractivity contribution in [3.05, 3.63) is 0 Å². The maximum Gasteiger partial charge on any atom is 0.230 e. The Morgan fingerprint density at radius 1 is 1.55 bits per heavy atom. The molecule has 0 aliphatic carbocycles. The van der Waals surface area contributed by atoms with Crippen LogP contribution in [0, 0.1) is 0 Å². The van der Waals surface area contributed by atoms with Crippen LogP contribution in [-0.2, 0) is 9.53 Å². The Bertz CT molecular complexity index is 111. The standard InChI is InChI=1S/C6H13BrN2O2/c7-5-6(10)9-2-4-11-3-1-8/h1-5,8H2,(H,9,10). The number of nitrogens with two attached hydrogens (primary N) is 1. The third-order valence-electron chi connectivity index (χ3n) is 0.952. The van der Waals surface area contributed by atoms with E-state index < -0.39 is 0 Å². The second kappa shape index (κ2) is 7.97. The molecule has 11 heavy (non-hydrogen) atoms. The first-order valence-corrected chi connectivity index (χ1v) is 4.54. The molecule has 0 aliphatic heterocycles. The molecule has 0 fully saturated rings. The van der Waals surface area contributed by atoms with Crippen molar-refractivity contribution in [3.8, 4) is 0 Å². The molecule has 0 unspecified atom stereocenters. The lowest BCUT2D eigenvalue weighted by atomic mass is 10.6. The Morgan fingerprint density at radius 3 is 2.82 bits per heavy atom. The first-order chi connectivity index (χ1) is 5.31. The van der Waals surface area contributed by atoms with Gasteiger partial charge in [-0.15, -0.1) is 0 Å². The smallest absolute Gasteiger partial charge is 0.230 e. The molecule has 0 aromatic heterocycles. The number of rotatable bonds is 6. The molecule has 0 saturated carbocycles. The highest BCUT2D eigenvalue weighted by Gasteiger charge is 1.94. The van der Waals surface area contributed by atoms with Gasteiger partial charge in [0.25, 0.3) is 0 Å². The van der Waals surface area contributed by atoms with Gasteiger partial charge in [-0.1, -0.05) is 15.9 Å². The van der Waals surface area contributed by atoms with Gasteiger partial charge in [0.05, 0.1) is 18.5 Å². The van der Waals surface area contributed by atoms with Crippen molar-refractivity contribution in [1.82, 2.24) is 5.32 Å². The van der Waals surface area contributed by atoms with E-state index in [-0.39, 0.29) is 5.91 Å². The summed E-state index contributed by atoms with van der Waals surface area (Å²) in [6.45, 7) is 2.14. The lowest BCUT2D eigenvalue weighted by Crippen LogP contribution is -2.28. The van der Waals surface area contributed by atoms with Crippen molar-refractivity contribution in [2.75, 3.05) is 31.6 Å². The fourth-order valence-corrected chi connectivity index (χ4v) is 0.694. The summed E-state index contributed by atoms with van der Waals surface area (Å²) in [5.41, 5.74) is 5.18. The molecular formula is C6H13BrN2O2. The highest BCUT2D eigenvalue weighted by atomic mass is 79.9. The third kappa shape index (κ3) is 7.77. The Balaban J connectivity index is 2.95. The molecule has 0 radical (unpaired) electrons. The van der Waals surface area contributed by atoms with E-state index in [1.165, 1.54) is 0 Å². The lowest BCUT2D eigenvalue weighted by Gasteiger charge is -2.02. The highest BCUT2D eigenvalue weighted by molar-refractivity contribution is 9.09. The van der Waals surface area contributed by atoms with E-state index in [1.54, 1.807) is 0 Å². The van der Waals surface area contributed by atoms with Gasteiger partial charge in [-0.2, -0.15) is 0 Å². The van der Waals surface area contributed by atoms with Crippen molar-refractivity contribution in [3.63, 3.8) is 0 Å². The Kier molecular flexibility index (Phi) is 7.88. The molecule has 4 nitrogen and oxygen atoms in total. The average Bonchev–Trinajstić information content (AvgIpc) is 2.04. The number of amides is 1. The minimum Gasteiger partial charge on any atom is -0.378 e. The molecule has 1 amide bonds. The molecule has 0 aromatic rings. The number of nitrogens with one attached hydrogen (secondary N) is 1. The summed E-state index contributed by atoms with van der Waals surface area (Å²) >= 11 is 3.02. The molecule has 5 heteroatoms. The first kappa shape index (κ1) is 10.9. The Labute approximate surface area is 74.6 Å². The van der Waals surface area contributed by atoms with Crippen molar-refractivity contribution >= 4 is 21.8 Å². The zero-order chi connectivity index (χ0) is 8.53. The zero-order valence-corrected chi connectivity index (χ0v) is 7.89. The van der Waals surface area contributed by atoms with Crippen LogP contribution in [0.3, 0.4) is 0 Å². The number of alkyl halides is 1. The monoisotopic (exact) mass is 224 g/mol. The van der Waals surface area contributed by atoms with Crippen LogP contribution in [0.25, 0.3) is 0 Å². The maximum atomic E-state index is 10.6. The number of ether oxygens (including phenoxy) is 1. The Hall–Kier alpha value is -0.130. The summed E-state index contributed by atoms with van der Waals surface area (Å²) in [6.07, 6.45) is 0. The molecule has 0 atom stereocenters. The van der Waals surface area contributed by atoms with Crippen LogP contribution in [-0.4, -0.2) is 37.5 Å². The normalized spacial score (nSPS) is 9.64. The van der Waals surface area contributed by atoms with E-state index in [1.807, 2.05) is 0 Å². The summed E-state index contributed by atoms with van der Waals surface area (Å²) in [4.78, 5) is 10.6. The summed E-state index contributed by atoms with van der Waals surface area (Å²) in [5, 5.41) is 2.98. The molecule has 0 saturated heterocycles. The Morgan fingerprint density at radius 2 is 2.27 bits per heavy atom. The maximum absolute atomic E-state index is 10.6. The van der Waals surface area contributed by atoms with Gasteiger partial charge in [0, 0.05) is 13.1 Å². The summed E-state index contributed by atoms with van der Waals surface area (Å²) in [7, 11) is 0. The summed E-state index contributed by atoms with van der Waals surface area (Å²) in [5.74, 6) is -0.0265. The number of hydrogen-bond donors (Lipinski definition) is 2. The van der Waals surface area contributed by atoms with Crippen LogP contribution in [0.15, 0.2) is 0 Å². The second-order valence-electron chi connectivity index (χ2n) is 1.88. The molecule has 66 valence electrons. The largest absolute Gasteiger partial charge is 0.378 e. The molecule has 0 rings (SSSR count). The van der Waals surface area contributed by atoms with Gasteiger partial charge in [-0.3, -0.25) is 4.79 Å². The average molecular weight is 225 g/mol. The molecule has 0 bridgehead atoms. The van der Waals surface area contributed by atoms with E-state index in [9.17, 15) is 4.79 Å². The van der Waals surface area contributed by atoms with Crippen LogP contribution in [0.1, 0.15) is 0 Å². The van der Waals surface area contributed by atoms with E-state index in [2.05, 4.69) is 21.2 Å². The second-order valence-corrected chi connectivity index (χ2v) is 2.45. The van der Waals surface area contributed by atoms with Crippen molar-refractivity contribution in [2.45, 2.75) is 0 Å². The third-order valence-corrected chi connectivity index (χ3v) is 1.46. The number of hydrogen-bond acceptors (Lipinski definition) is 3. The zero-order valence-electron chi connectivity index (χ0n) is 6.31. The molecule has 0 aliphatic rings. The number of carbonyl (C=O) groups excluding carboxylic acids is 1. The van der Waals surface area contributed by atoms with Crippen LogP contribution in [0.5, 0.6) is 0 Å². The van der Waals surface area contributed by atoms with Gasteiger partial charge >= 0.3 is 0 Å². The lowest BCUT2D eigenvalue weighted by molar-refractivity contribution is -0.118. The molecule has 0 heterocycles. The fourth-order valence-electron chi connectivity index (χ4n) is 0.495. The number of carbonyl (C=O) groups is 1. The van der Waals surface area contributed by atoms with E-state index in [0.717, 1.165) is 0 Å². The molecule has 3 N–H and O–H groups in total. The quantitative estimate of drug-likeness (QED) is 0.472. The van der Waals surface area contributed by atoms with Crippen LogP contribution in [0.2, 0.25) is 0 Å². The number of halogens is 1. The van der Waals surface area contributed by atoms with Crippen molar-refractivity contribution in [2.24, 2.45) is 5.73 Å². The van der Waals surface area contributed by atoms with Gasteiger partial charge in [0.2, 0.25) is 5.91 Å². The first-order valence-electron chi connectivity index (χ1n) is 3.41. The van der Waals surface area contributed by atoms with Gasteiger partial charge in [-0.25, -0.2) is 0 Å². The van der Waals surface area contributed by atoms with Crippen LogP contribution >= 0.6 is 15.9 Å². The van der Waals surface area contributed by atoms with Gasteiger partial charge in [0.1, 0.15) is 0 Å². The van der Waals surface area contributed by atoms with Crippen molar-refractivity contribution in [1.29, 1.82) is 0 Å². The van der Waals surface area contributed by atoms with Crippen LogP contribution < -0.4 is 11.1 Å². The SMILES string of the molecule is NCCOCCNC(=O)CBr. The predicted molar refractivity (Wildman–Crippen MR) is 46.7 cm³/mol. The van der Waals surface area contributed by atoms with E-state index in [4.69, 9.17) is 10.5 Å². The van der Waals surface area contributed by atoms with Crippen molar-refractivity contribution < 1.29 is 9.53 Å². The molecule has 0 aromatic carbocycles.